The first-order valence-corrected chi connectivity index (χ1v) is 8.47. The van der Waals surface area contributed by atoms with Crippen LogP contribution in [0.15, 0.2) is 52.5 Å². The van der Waals surface area contributed by atoms with Gasteiger partial charge in [0.05, 0.1) is 19.1 Å². The van der Waals surface area contributed by atoms with E-state index in [1.165, 1.54) is 24.5 Å². The van der Waals surface area contributed by atoms with E-state index in [0.29, 0.717) is 5.75 Å². The zero-order chi connectivity index (χ0) is 17.1. The average Bonchev–Trinajstić information content (AvgIpc) is 3.23. The Bertz CT molecular complexity index is 867. The molecule has 3 rings (SSSR count). The molecule has 124 valence electrons. The second-order valence-corrected chi connectivity index (χ2v) is 6.30. The van der Waals surface area contributed by atoms with Crippen LogP contribution in [0.3, 0.4) is 0 Å². The van der Waals surface area contributed by atoms with Gasteiger partial charge in [-0.15, -0.1) is 0 Å². The molecule has 0 fully saturated rings. The van der Waals surface area contributed by atoms with E-state index in [-0.39, 0.29) is 5.76 Å². The lowest BCUT2D eigenvalue weighted by molar-refractivity contribution is 0.0564. The molecule has 0 aliphatic heterocycles. The SMILES string of the molecule is COC(=O)c1occc1CSc1nccn1-c1cccc(C)c1C. The number of hydrogen-bond acceptors (Lipinski definition) is 5. The molecule has 3 aromatic rings. The molecule has 0 aliphatic rings. The van der Waals surface area contributed by atoms with Crippen LogP contribution < -0.4 is 0 Å². The van der Waals surface area contributed by atoms with Crippen LogP contribution in [0.1, 0.15) is 27.2 Å². The molecular formula is C18H18N2O3S. The van der Waals surface area contributed by atoms with Gasteiger partial charge in [-0.3, -0.25) is 4.57 Å². The van der Waals surface area contributed by atoms with E-state index in [1.807, 2.05) is 12.3 Å². The number of benzene rings is 1. The lowest BCUT2D eigenvalue weighted by atomic mass is 10.1. The molecule has 0 spiro atoms. The monoisotopic (exact) mass is 342 g/mol. The van der Waals surface area contributed by atoms with E-state index in [4.69, 9.17) is 9.15 Å². The molecule has 6 heteroatoms. The molecule has 2 aromatic heterocycles. The van der Waals surface area contributed by atoms with Gasteiger partial charge < -0.3 is 9.15 Å². The van der Waals surface area contributed by atoms with E-state index in [0.717, 1.165) is 16.4 Å². The highest BCUT2D eigenvalue weighted by atomic mass is 32.2. The second-order valence-electron chi connectivity index (χ2n) is 5.35. The summed E-state index contributed by atoms with van der Waals surface area (Å²) >= 11 is 1.55. The van der Waals surface area contributed by atoms with Crippen LogP contribution >= 0.6 is 11.8 Å². The van der Waals surface area contributed by atoms with Crippen molar-refractivity contribution in [2.24, 2.45) is 0 Å². The van der Waals surface area contributed by atoms with Gasteiger partial charge >= 0.3 is 5.97 Å². The highest BCUT2D eigenvalue weighted by Crippen LogP contribution is 2.28. The first-order valence-electron chi connectivity index (χ1n) is 7.49. The van der Waals surface area contributed by atoms with Crippen molar-refractivity contribution in [2.75, 3.05) is 7.11 Å². The van der Waals surface area contributed by atoms with Gasteiger partial charge in [0.1, 0.15) is 0 Å². The third-order valence-corrected chi connectivity index (χ3v) is 4.93. The molecule has 0 saturated carbocycles. The van der Waals surface area contributed by atoms with Crippen LogP contribution in [-0.4, -0.2) is 22.6 Å². The van der Waals surface area contributed by atoms with Crippen molar-refractivity contribution in [3.63, 3.8) is 0 Å². The maximum atomic E-state index is 11.7. The number of methoxy groups -OCH3 is 1. The molecule has 0 unspecified atom stereocenters. The Morgan fingerprint density at radius 3 is 2.96 bits per heavy atom. The number of rotatable bonds is 5. The summed E-state index contributed by atoms with van der Waals surface area (Å²) in [5, 5.41) is 0.862. The Hall–Kier alpha value is -2.47. The summed E-state index contributed by atoms with van der Waals surface area (Å²) in [5.74, 6) is 0.353. The van der Waals surface area contributed by atoms with E-state index >= 15 is 0 Å². The summed E-state index contributed by atoms with van der Waals surface area (Å²) in [5.41, 5.74) is 4.36. The molecular weight excluding hydrogens is 324 g/mol. The molecule has 0 atom stereocenters. The first-order chi connectivity index (χ1) is 11.6. The number of furan rings is 1. The molecule has 1 aromatic carbocycles. The summed E-state index contributed by atoms with van der Waals surface area (Å²) < 4.78 is 12.0. The number of carbonyl (C=O) groups is 1. The largest absolute Gasteiger partial charge is 0.463 e. The van der Waals surface area contributed by atoms with Gasteiger partial charge in [-0.1, -0.05) is 23.9 Å². The molecule has 0 bridgehead atoms. The summed E-state index contributed by atoms with van der Waals surface area (Å²) in [6.45, 7) is 4.20. The molecule has 0 N–H and O–H groups in total. The third-order valence-electron chi connectivity index (χ3n) is 3.92. The number of ether oxygens (including phenoxy) is 1. The number of thioether (sulfide) groups is 1. The zero-order valence-corrected chi connectivity index (χ0v) is 14.6. The number of aryl methyl sites for hydroxylation is 1. The number of carbonyl (C=O) groups excluding carboxylic acids is 1. The van der Waals surface area contributed by atoms with Crippen LogP contribution in [0.4, 0.5) is 0 Å². The molecule has 0 radical (unpaired) electrons. The smallest absolute Gasteiger partial charge is 0.374 e. The third kappa shape index (κ3) is 3.10. The van der Waals surface area contributed by atoms with Gasteiger partial charge in [0, 0.05) is 23.7 Å². The van der Waals surface area contributed by atoms with Crippen molar-refractivity contribution < 1.29 is 13.9 Å². The lowest BCUT2D eigenvalue weighted by Gasteiger charge is -2.12. The Labute approximate surface area is 144 Å². The van der Waals surface area contributed by atoms with Crippen molar-refractivity contribution in [3.8, 4) is 5.69 Å². The normalized spacial score (nSPS) is 10.8. The van der Waals surface area contributed by atoms with E-state index in [9.17, 15) is 4.79 Å². The predicted molar refractivity (Wildman–Crippen MR) is 92.6 cm³/mol. The summed E-state index contributed by atoms with van der Waals surface area (Å²) in [6.07, 6.45) is 5.22. The van der Waals surface area contributed by atoms with Gasteiger partial charge in [-0.2, -0.15) is 0 Å². The lowest BCUT2D eigenvalue weighted by Crippen LogP contribution is -2.03. The summed E-state index contributed by atoms with van der Waals surface area (Å²) in [7, 11) is 1.34. The van der Waals surface area contributed by atoms with E-state index in [1.54, 1.807) is 24.0 Å². The Morgan fingerprint density at radius 2 is 2.17 bits per heavy atom. The van der Waals surface area contributed by atoms with Crippen LogP contribution in [-0.2, 0) is 10.5 Å². The summed E-state index contributed by atoms with van der Waals surface area (Å²) in [6, 6.07) is 7.99. The maximum absolute atomic E-state index is 11.7. The quantitative estimate of drug-likeness (QED) is 0.515. The minimum Gasteiger partial charge on any atom is -0.463 e. The van der Waals surface area contributed by atoms with Gasteiger partial charge in [0.25, 0.3) is 0 Å². The fraction of sp³-hybridized carbons (Fsp3) is 0.222. The Kier molecular flexibility index (Phi) is 4.76. The van der Waals surface area contributed by atoms with Crippen LogP contribution in [0, 0.1) is 13.8 Å². The molecule has 0 aliphatic carbocycles. The fourth-order valence-electron chi connectivity index (χ4n) is 2.44. The van der Waals surface area contributed by atoms with Crippen LogP contribution in [0.25, 0.3) is 5.69 Å². The maximum Gasteiger partial charge on any atom is 0.374 e. The van der Waals surface area contributed by atoms with Crippen molar-refractivity contribution >= 4 is 17.7 Å². The standard InChI is InChI=1S/C18H18N2O3S/c1-12-5-4-6-15(13(12)2)20-9-8-19-18(20)24-11-14-7-10-23-16(14)17(21)22-3/h4-10H,11H2,1-3H3. The molecule has 0 saturated heterocycles. The number of imidazole rings is 1. The summed E-state index contributed by atoms with van der Waals surface area (Å²) in [4.78, 5) is 16.1. The highest BCUT2D eigenvalue weighted by Gasteiger charge is 2.17. The minimum absolute atomic E-state index is 0.245. The molecule has 5 nitrogen and oxygen atoms in total. The van der Waals surface area contributed by atoms with Gasteiger partial charge in [-0.25, -0.2) is 9.78 Å². The van der Waals surface area contributed by atoms with Crippen LogP contribution in [0.2, 0.25) is 0 Å². The highest BCUT2D eigenvalue weighted by molar-refractivity contribution is 7.98. The first kappa shape index (κ1) is 16.4. The Morgan fingerprint density at radius 1 is 1.33 bits per heavy atom. The second kappa shape index (κ2) is 6.97. The number of nitrogens with zero attached hydrogens (tertiary/aromatic N) is 2. The van der Waals surface area contributed by atoms with Gasteiger partial charge in [0.2, 0.25) is 5.76 Å². The van der Waals surface area contributed by atoms with Crippen LogP contribution in [0.5, 0.6) is 0 Å². The molecule has 2 heterocycles. The molecule has 24 heavy (non-hydrogen) atoms. The number of hydrogen-bond donors (Lipinski definition) is 0. The van der Waals surface area contributed by atoms with Crippen molar-refractivity contribution in [1.29, 1.82) is 0 Å². The van der Waals surface area contributed by atoms with Crippen molar-refractivity contribution in [2.45, 2.75) is 24.8 Å². The topological polar surface area (TPSA) is 57.3 Å². The molecule has 0 amide bonds. The van der Waals surface area contributed by atoms with Crippen molar-refractivity contribution in [3.05, 3.63) is 65.4 Å². The van der Waals surface area contributed by atoms with Crippen molar-refractivity contribution in [1.82, 2.24) is 9.55 Å². The number of esters is 1. The number of aromatic nitrogens is 2. The van der Waals surface area contributed by atoms with E-state index < -0.39 is 5.97 Å². The van der Waals surface area contributed by atoms with Gasteiger partial charge in [-0.05, 0) is 37.1 Å². The minimum atomic E-state index is -0.464. The van der Waals surface area contributed by atoms with E-state index in [2.05, 4.69) is 35.5 Å². The average molecular weight is 342 g/mol. The predicted octanol–water partition coefficient (Wildman–Crippen LogP) is 4.16. The Balaban J connectivity index is 1.84. The fourth-order valence-corrected chi connectivity index (χ4v) is 3.39. The zero-order valence-electron chi connectivity index (χ0n) is 13.8. The van der Waals surface area contributed by atoms with Gasteiger partial charge in [0.15, 0.2) is 5.16 Å².